The molecule has 0 saturated heterocycles. The summed E-state index contributed by atoms with van der Waals surface area (Å²) in [6, 6.07) is 0. The molecule has 0 amide bonds. The molecule has 6 heteroatoms. The molecule has 0 aromatic heterocycles. The number of carbonyl (C=O) groups is 1. The Balaban J connectivity index is 3.94. The van der Waals surface area contributed by atoms with Gasteiger partial charge >= 0.3 is 6.16 Å². The van der Waals surface area contributed by atoms with Crippen LogP contribution in [0.15, 0.2) is 0 Å². The third kappa shape index (κ3) is 8.91. The van der Waals surface area contributed by atoms with Gasteiger partial charge in [0.15, 0.2) is 0 Å². The molecule has 6 nitrogen and oxygen atoms in total. The lowest BCUT2D eigenvalue weighted by molar-refractivity contribution is -0.0606. The highest BCUT2D eigenvalue weighted by Gasteiger charge is 2.14. The molecule has 0 aromatic rings. The second kappa shape index (κ2) is 10.3. The molecule has 1 N–H and O–H groups in total. The molecule has 0 heterocycles. The minimum atomic E-state index is -1.30. The molecular weight excluding hydrogens is 228 g/mol. The van der Waals surface area contributed by atoms with Crippen LogP contribution in [-0.2, 0) is 18.9 Å². The monoisotopic (exact) mass is 250 g/mol. The van der Waals surface area contributed by atoms with Crippen LogP contribution in [0.5, 0.6) is 0 Å². The van der Waals surface area contributed by atoms with Crippen molar-refractivity contribution in [2.24, 2.45) is 0 Å². The van der Waals surface area contributed by atoms with E-state index in [9.17, 15) is 4.79 Å². The predicted octanol–water partition coefficient (Wildman–Crippen LogP) is 1.53. The van der Waals surface area contributed by atoms with Gasteiger partial charge in [-0.05, 0) is 6.42 Å². The molecule has 0 aliphatic heterocycles. The second-order valence-electron chi connectivity index (χ2n) is 3.58. The predicted molar refractivity (Wildman–Crippen MR) is 61.3 cm³/mol. The van der Waals surface area contributed by atoms with Gasteiger partial charge in [-0.3, -0.25) is 0 Å². The van der Waals surface area contributed by atoms with Crippen LogP contribution in [-0.4, -0.2) is 57.5 Å². The summed E-state index contributed by atoms with van der Waals surface area (Å²) >= 11 is 0. The first-order valence-electron chi connectivity index (χ1n) is 5.63. The van der Waals surface area contributed by atoms with Crippen molar-refractivity contribution >= 4 is 6.16 Å². The molecular formula is C11H22O6. The van der Waals surface area contributed by atoms with E-state index < -0.39 is 6.16 Å². The molecule has 0 aliphatic rings. The number of ether oxygens (including phenoxy) is 4. The molecule has 2 atom stereocenters. The van der Waals surface area contributed by atoms with Crippen molar-refractivity contribution in [3.8, 4) is 0 Å². The van der Waals surface area contributed by atoms with E-state index in [2.05, 4.69) is 4.74 Å². The summed E-state index contributed by atoms with van der Waals surface area (Å²) in [6.07, 6.45) is -0.146. The van der Waals surface area contributed by atoms with Crippen molar-refractivity contribution in [3.63, 3.8) is 0 Å². The molecule has 0 radical (unpaired) electrons. The van der Waals surface area contributed by atoms with E-state index >= 15 is 0 Å². The van der Waals surface area contributed by atoms with Gasteiger partial charge in [-0.1, -0.05) is 6.92 Å². The molecule has 17 heavy (non-hydrogen) atoms. The topological polar surface area (TPSA) is 74.2 Å². The Labute approximate surface area is 102 Å². The molecule has 0 spiro atoms. The Morgan fingerprint density at radius 3 is 2.41 bits per heavy atom. The lowest BCUT2D eigenvalue weighted by Gasteiger charge is -2.20. The van der Waals surface area contributed by atoms with Crippen molar-refractivity contribution in [3.05, 3.63) is 0 Å². The average molecular weight is 250 g/mol. The van der Waals surface area contributed by atoms with Gasteiger partial charge in [-0.25, -0.2) is 4.79 Å². The third-order valence-electron chi connectivity index (χ3n) is 2.34. The third-order valence-corrected chi connectivity index (χ3v) is 2.34. The highest BCUT2D eigenvalue weighted by atomic mass is 16.7. The zero-order valence-electron chi connectivity index (χ0n) is 10.7. The fraction of sp³-hybridized carbons (Fsp3) is 0.909. The van der Waals surface area contributed by atoms with Gasteiger partial charge in [0.1, 0.15) is 6.61 Å². The van der Waals surface area contributed by atoms with E-state index in [1.54, 1.807) is 14.2 Å². The lowest BCUT2D eigenvalue weighted by Crippen LogP contribution is -2.28. The summed E-state index contributed by atoms with van der Waals surface area (Å²) in [5.74, 6) is 0. The van der Waals surface area contributed by atoms with Gasteiger partial charge < -0.3 is 24.1 Å². The summed E-state index contributed by atoms with van der Waals surface area (Å²) in [7, 11) is 3.20. The van der Waals surface area contributed by atoms with Crippen molar-refractivity contribution in [2.45, 2.75) is 32.0 Å². The minimum Gasteiger partial charge on any atom is -0.450 e. The normalized spacial score (nSPS) is 14.3. The number of carboxylic acid groups (broad SMARTS) is 1. The van der Waals surface area contributed by atoms with Crippen LogP contribution in [0.2, 0.25) is 0 Å². The maximum Gasteiger partial charge on any atom is 0.505 e. The Bertz CT molecular complexity index is 192. The summed E-state index contributed by atoms with van der Waals surface area (Å²) in [6.45, 7) is 2.93. The van der Waals surface area contributed by atoms with E-state index in [4.69, 9.17) is 19.3 Å². The van der Waals surface area contributed by atoms with Gasteiger partial charge in [-0.15, -0.1) is 0 Å². The fourth-order valence-electron chi connectivity index (χ4n) is 1.22. The number of hydrogen-bond acceptors (Lipinski definition) is 5. The van der Waals surface area contributed by atoms with Crippen LogP contribution >= 0.6 is 0 Å². The summed E-state index contributed by atoms with van der Waals surface area (Å²) in [5.41, 5.74) is 0. The maximum atomic E-state index is 10.3. The number of hydrogen-bond donors (Lipinski definition) is 1. The highest BCUT2D eigenvalue weighted by Crippen LogP contribution is 2.05. The SMILES string of the molecule is CCC(COC(CCOC)COC(=O)O)OC. The average Bonchev–Trinajstić information content (AvgIpc) is 2.32. The number of rotatable bonds is 10. The first-order chi connectivity index (χ1) is 8.13. The van der Waals surface area contributed by atoms with Crippen molar-refractivity contribution < 1.29 is 28.8 Å². The van der Waals surface area contributed by atoms with Crippen LogP contribution in [0.25, 0.3) is 0 Å². The molecule has 0 fully saturated rings. The molecule has 102 valence electrons. The Morgan fingerprint density at radius 2 is 1.94 bits per heavy atom. The molecule has 2 unspecified atom stereocenters. The van der Waals surface area contributed by atoms with Gasteiger partial charge in [0, 0.05) is 27.2 Å². The summed E-state index contributed by atoms with van der Waals surface area (Å²) in [4.78, 5) is 10.3. The first-order valence-corrected chi connectivity index (χ1v) is 5.63. The van der Waals surface area contributed by atoms with Crippen LogP contribution < -0.4 is 0 Å². The Morgan fingerprint density at radius 1 is 1.24 bits per heavy atom. The smallest absolute Gasteiger partial charge is 0.450 e. The van der Waals surface area contributed by atoms with E-state index in [0.29, 0.717) is 19.6 Å². The zero-order chi connectivity index (χ0) is 13.1. The summed E-state index contributed by atoms with van der Waals surface area (Å²) in [5, 5.41) is 8.42. The van der Waals surface area contributed by atoms with Crippen LogP contribution in [0.3, 0.4) is 0 Å². The standard InChI is InChI=1S/C11H22O6/c1-4-9(15-3)7-16-10(5-6-14-2)8-17-11(12)13/h9-10H,4-8H2,1-3H3,(H,12,13). The van der Waals surface area contributed by atoms with Crippen molar-refractivity contribution in [1.29, 1.82) is 0 Å². The molecule has 0 saturated carbocycles. The molecule has 0 rings (SSSR count). The zero-order valence-corrected chi connectivity index (χ0v) is 10.7. The molecule has 0 aliphatic carbocycles. The van der Waals surface area contributed by atoms with Crippen molar-refractivity contribution in [1.82, 2.24) is 0 Å². The van der Waals surface area contributed by atoms with E-state index in [1.165, 1.54) is 0 Å². The van der Waals surface area contributed by atoms with Gasteiger partial charge in [0.05, 0.1) is 18.8 Å². The molecule has 0 aromatic carbocycles. The highest BCUT2D eigenvalue weighted by molar-refractivity contribution is 5.56. The van der Waals surface area contributed by atoms with Gasteiger partial charge in [0.2, 0.25) is 0 Å². The molecule has 0 bridgehead atoms. The summed E-state index contributed by atoms with van der Waals surface area (Å²) < 4.78 is 20.1. The van der Waals surface area contributed by atoms with E-state index in [1.807, 2.05) is 6.92 Å². The Kier molecular flexibility index (Phi) is 9.80. The Hall–Kier alpha value is -0.850. The van der Waals surface area contributed by atoms with Gasteiger partial charge in [0.25, 0.3) is 0 Å². The van der Waals surface area contributed by atoms with Crippen LogP contribution in [0.1, 0.15) is 19.8 Å². The lowest BCUT2D eigenvalue weighted by atomic mass is 10.2. The minimum absolute atomic E-state index is 0.0127. The first kappa shape index (κ1) is 16.1. The van der Waals surface area contributed by atoms with Crippen LogP contribution in [0.4, 0.5) is 4.79 Å². The number of methoxy groups -OCH3 is 2. The fourth-order valence-corrected chi connectivity index (χ4v) is 1.22. The van der Waals surface area contributed by atoms with Gasteiger partial charge in [-0.2, -0.15) is 0 Å². The quantitative estimate of drug-likeness (QED) is 0.593. The van der Waals surface area contributed by atoms with Crippen LogP contribution in [0, 0.1) is 0 Å². The van der Waals surface area contributed by atoms with E-state index in [0.717, 1.165) is 6.42 Å². The van der Waals surface area contributed by atoms with E-state index in [-0.39, 0.29) is 18.8 Å². The van der Waals surface area contributed by atoms with Crippen molar-refractivity contribution in [2.75, 3.05) is 34.0 Å². The largest absolute Gasteiger partial charge is 0.505 e. The second-order valence-corrected chi connectivity index (χ2v) is 3.58. The maximum absolute atomic E-state index is 10.3.